The van der Waals surface area contributed by atoms with E-state index >= 15 is 0 Å². The number of aliphatic imine (C=N–C) groups is 1. The molecule has 0 aliphatic carbocycles. The minimum Gasteiger partial charge on any atom is -0.368 e. The number of anilines is 1. The molecule has 8 heteroatoms. The second kappa shape index (κ2) is 12.5. The summed E-state index contributed by atoms with van der Waals surface area (Å²) in [5.74, 6) is 0.441. The van der Waals surface area contributed by atoms with E-state index in [1.54, 1.807) is 19.2 Å². The average Bonchev–Trinajstić information content (AvgIpc) is 2.78. The van der Waals surface area contributed by atoms with Crippen molar-refractivity contribution >= 4 is 41.5 Å². The number of carbonyl (C=O) groups is 1. The molecule has 0 unspecified atom stereocenters. The van der Waals surface area contributed by atoms with Crippen molar-refractivity contribution in [1.29, 1.82) is 0 Å². The van der Waals surface area contributed by atoms with E-state index in [2.05, 4.69) is 32.7 Å². The highest BCUT2D eigenvalue weighted by Crippen LogP contribution is 2.15. The molecule has 1 saturated heterocycles. The smallest absolute Gasteiger partial charge is 0.242 e. The lowest BCUT2D eigenvalue weighted by atomic mass is 10.1. The van der Waals surface area contributed by atoms with Gasteiger partial charge in [-0.05, 0) is 48.7 Å². The fourth-order valence-corrected chi connectivity index (χ4v) is 3.60. The Morgan fingerprint density at radius 1 is 1.06 bits per heavy atom. The Morgan fingerprint density at radius 3 is 2.42 bits per heavy atom. The van der Waals surface area contributed by atoms with Crippen LogP contribution in [0.2, 0.25) is 0 Å². The van der Waals surface area contributed by atoms with E-state index < -0.39 is 0 Å². The van der Waals surface area contributed by atoms with Gasteiger partial charge in [-0.15, -0.1) is 24.0 Å². The van der Waals surface area contributed by atoms with Gasteiger partial charge in [-0.1, -0.05) is 24.3 Å². The number of nitrogens with one attached hydrogen (secondary N) is 2. The maximum absolute atomic E-state index is 13.2. The number of piperazine rings is 1. The molecule has 168 valence electrons. The van der Waals surface area contributed by atoms with Crippen LogP contribution in [-0.4, -0.2) is 63.1 Å². The highest BCUT2D eigenvalue weighted by molar-refractivity contribution is 14.0. The number of para-hydroxylation sites is 1. The second-order valence-electron chi connectivity index (χ2n) is 7.38. The molecule has 1 heterocycles. The molecule has 6 nitrogen and oxygen atoms in total. The minimum atomic E-state index is -0.218. The van der Waals surface area contributed by atoms with Gasteiger partial charge in [-0.2, -0.15) is 0 Å². The fraction of sp³-hybridized carbons (Fsp3) is 0.391. The predicted octanol–water partition coefficient (Wildman–Crippen LogP) is 2.81. The lowest BCUT2D eigenvalue weighted by Gasteiger charge is -2.36. The monoisotopic (exact) mass is 539 g/mol. The Morgan fingerprint density at radius 2 is 1.77 bits per heavy atom. The highest BCUT2D eigenvalue weighted by Gasteiger charge is 2.21. The third-order valence-electron chi connectivity index (χ3n) is 5.38. The van der Waals surface area contributed by atoms with E-state index in [1.165, 1.54) is 11.8 Å². The van der Waals surface area contributed by atoms with Crippen molar-refractivity contribution in [3.05, 3.63) is 65.5 Å². The quantitative estimate of drug-likeness (QED) is 0.337. The maximum Gasteiger partial charge on any atom is 0.242 e. The zero-order chi connectivity index (χ0) is 21.3. The first kappa shape index (κ1) is 24.9. The van der Waals surface area contributed by atoms with Crippen molar-refractivity contribution in [2.24, 2.45) is 4.99 Å². The van der Waals surface area contributed by atoms with Crippen LogP contribution in [0.25, 0.3) is 0 Å². The fourth-order valence-electron chi connectivity index (χ4n) is 3.60. The summed E-state index contributed by atoms with van der Waals surface area (Å²) in [6.45, 7) is 5.86. The van der Waals surface area contributed by atoms with Gasteiger partial charge in [0, 0.05) is 45.5 Å². The lowest BCUT2D eigenvalue weighted by Crippen LogP contribution is -2.52. The number of benzene rings is 2. The van der Waals surface area contributed by atoms with E-state index in [4.69, 9.17) is 0 Å². The number of hydrogen-bond donors (Lipinski definition) is 2. The third kappa shape index (κ3) is 7.37. The summed E-state index contributed by atoms with van der Waals surface area (Å²) in [6.07, 6.45) is 0.752. The number of amides is 1. The van der Waals surface area contributed by atoms with Gasteiger partial charge in [-0.25, -0.2) is 4.39 Å². The molecule has 0 radical (unpaired) electrons. The molecular formula is C23H31FIN5O. The summed E-state index contributed by atoms with van der Waals surface area (Å²) >= 11 is 0. The maximum atomic E-state index is 13.2. The van der Waals surface area contributed by atoms with Gasteiger partial charge < -0.3 is 20.4 Å². The van der Waals surface area contributed by atoms with E-state index in [-0.39, 0.29) is 42.2 Å². The van der Waals surface area contributed by atoms with Crippen molar-refractivity contribution in [2.45, 2.75) is 13.3 Å². The molecule has 2 N–H and O–H groups in total. The molecule has 1 fully saturated rings. The first-order valence-corrected chi connectivity index (χ1v) is 10.3. The largest absolute Gasteiger partial charge is 0.368 e. The molecule has 0 spiro atoms. The van der Waals surface area contributed by atoms with Gasteiger partial charge in [0.05, 0.1) is 6.54 Å². The molecule has 1 aliphatic heterocycles. The Bertz CT molecular complexity index is 870. The highest BCUT2D eigenvalue weighted by atomic mass is 127. The van der Waals surface area contributed by atoms with Crippen LogP contribution in [0.3, 0.4) is 0 Å². The number of nitrogens with zero attached hydrogens (tertiary/aromatic N) is 3. The summed E-state index contributed by atoms with van der Waals surface area (Å²) in [4.78, 5) is 20.9. The average molecular weight is 539 g/mol. The minimum absolute atomic E-state index is 0. The van der Waals surface area contributed by atoms with Gasteiger partial charge in [0.15, 0.2) is 5.96 Å². The van der Waals surface area contributed by atoms with Crippen LogP contribution in [0.1, 0.15) is 11.1 Å². The van der Waals surface area contributed by atoms with E-state index in [9.17, 15) is 9.18 Å². The number of carbonyl (C=O) groups excluding carboxylic acids is 1. The van der Waals surface area contributed by atoms with Gasteiger partial charge in [0.25, 0.3) is 0 Å². The number of rotatable bonds is 6. The van der Waals surface area contributed by atoms with Crippen LogP contribution in [-0.2, 0) is 11.2 Å². The van der Waals surface area contributed by atoms with E-state index in [1.807, 2.05) is 30.0 Å². The lowest BCUT2D eigenvalue weighted by molar-refractivity contribution is -0.130. The Labute approximate surface area is 200 Å². The first-order valence-electron chi connectivity index (χ1n) is 10.3. The molecule has 2 aromatic rings. The summed E-state index contributed by atoms with van der Waals surface area (Å²) in [7, 11) is 1.68. The van der Waals surface area contributed by atoms with Crippen molar-refractivity contribution < 1.29 is 9.18 Å². The normalized spacial score (nSPS) is 14.1. The summed E-state index contributed by atoms with van der Waals surface area (Å²) in [5, 5.41) is 6.31. The molecule has 2 aromatic carbocycles. The zero-order valence-corrected chi connectivity index (χ0v) is 20.4. The topological polar surface area (TPSA) is 60.0 Å². The summed E-state index contributed by atoms with van der Waals surface area (Å²) < 4.78 is 13.2. The van der Waals surface area contributed by atoms with Crippen molar-refractivity contribution in [3.8, 4) is 0 Å². The van der Waals surface area contributed by atoms with Gasteiger partial charge >= 0.3 is 0 Å². The summed E-state index contributed by atoms with van der Waals surface area (Å²) in [5.41, 5.74) is 3.22. The molecule has 0 saturated carbocycles. The Hall–Kier alpha value is -2.36. The molecule has 1 aliphatic rings. The molecule has 0 aromatic heterocycles. The molecule has 0 bridgehead atoms. The molecular weight excluding hydrogens is 508 g/mol. The molecule has 0 atom stereocenters. The van der Waals surface area contributed by atoms with Crippen LogP contribution >= 0.6 is 24.0 Å². The second-order valence-corrected chi connectivity index (χ2v) is 7.38. The molecule has 31 heavy (non-hydrogen) atoms. The van der Waals surface area contributed by atoms with Gasteiger partial charge in [0.1, 0.15) is 5.82 Å². The van der Waals surface area contributed by atoms with Crippen LogP contribution in [0.15, 0.2) is 53.5 Å². The van der Waals surface area contributed by atoms with Crippen LogP contribution in [0, 0.1) is 12.7 Å². The first-order chi connectivity index (χ1) is 14.6. The third-order valence-corrected chi connectivity index (χ3v) is 5.38. The van der Waals surface area contributed by atoms with Crippen molar-refractivity contribution in [3.63, 3.8) is 0 Å². The SMILES string of the molecule is CN=C(NCCc1ccc(F)cc1C)NCC(=O)N1CCN(c2ccccc2)CC1.I. The molecule has 3 rings (SSSR count). The van der Waals surface area contributed by atoms with Crippen molar-refractivity contribution in [1.82, 2.24) is 15.5 Å². The van der Waals surface area contributed by atoms with Crippen LogP contribution < -0.4 is 15.5 Å². The number of guanidine groups is 1. The van der Waals surface area contributed by atoms with Crippen LogP contribution in [0.4, 0.5) is 10.1 Å². The van der Waals surface area contributed by atoms with Crippen molar-refractivity contribution in [2.75, 3.05) is 51.2 Å². The Kier molecular flexibility index (Phi) is 10.0. The number of hydrogen-bond acceptors (Lipinski definition) is 3. The van der Waals surface area contributed by atoms with E-state index in [0.717, 1.165) is 30.6 Å². The molecule has 1 amide bonds. The van der Waals surface area contributed by atoms with Gasteiger partial charge in [-0.3, -0.25) is 9.79 Å². The van der Waals surface area contributed by atoms with Crippen LogP contribution in [0.5, 0.6) is 0 Å². The summed E-state index contributed by atoms with van der Waals surface area (Å²) in [6, 6.07) is 15.1. The Balaban J connectivity index is 0.00000341. The standard InChI is InChI=1S/C23H30FN5O.HI/c1-18-16-20(24)9-8-19(18)10-11-26-23(25-2)27-17-22(30)29-14-12-28(13-15-29)21-6-4-3-5-7-21;/h3-9,16H,10-15,17H2,1-2H3,(H2,25,26,27);1H. The predicted molar refractivity (Wildman–Crippen MR) is 135 cm³/mol. The van der Waals surface area contributed by atoms with E-state index in [0.29, 0.717) is 25.6 Å². The zero-order valence-electron chi connectivity index (χ0n) is 18.1. The number of aryl methyl sites for hydroxylation is 1. The number of halogens is 2. The van der Waals surface area contributed by atoms with Gasteiger partial charge in [0.2, 0.25) is 5.91 Å².